The Kier molecular flexibility index (Phi) is 4.94. The van der Waals surface area contributed by atoms with Gasteiger partial charge >= 0.3 is 0 Å². The molecule has 1 saturated carbocycles. The van der Waals surface area contributed by atoms with Gasteiger partial charge in [-0.1, -0.05) is 17.3 Å². The van der Waals surface area contributed by atoms with Gasteiger partial charge in [0, 0.05) is 5.92 Å². The van der Waals surface area contributed by atoms with E-state index in [1.54, 1.807) is 0 Å². The molecule has 0 unspecified atom stereocenters. The third-order valence-electron chi connectivity index (χ3n) is 5.78. The Morgan fingerprint density at radius 2 is 1.67 bits per heavy atom. The minimum Gasteiger partial charge on any atom is -0.454 e. The number of benzene rings is 2. The van der Waals surface area contributed by atoms with Gasteiger partial charge in [-0.2, -0.15) is 5.48 Å². The first kappa shape index (κ1) is 18.8. The van der Waals surface area contributed by atoms with Crippen LogP contribution in [0.2, 0.25) is 0 Å². The molecule has 2 atom stereocenters. The number of oxime groups is 1. The summed E-state index contributed by atoms with van der Waals surface area (Å²) in [7, 11) is 0. The van der Waals surface area contributed by atoms with Crippen LogP contribution in [0, 0.1) is 5.92 Å². The molecule has 2 aliphatic heterocycles. The van der Waals surface area contributed by atoms with Crippen molar-refractivity contribution in [2.45, 2.75) is 25.3 Å². The van der Waals surface area contributed by atoms with Gasteiger partial charge in [0.25, 0.3) is 0 Å². The zero-order valence-electron chi connectivity index (χ0n) is 16.2. The van der Waals surface area contributed by atoms with E-state index in [4.69, 9.17) is 18.9 Å². The summed E-state index contributed by atoms with van der Waals surface area (Å²) in [5.41, 5.74) is 5.66. The van der Waals surface area contributed by atoms with Crippen LogP contribution in [0.25, 0.3) is 6.08 Å². The van der Waals surface area contributed by atoms with E-state index < -0.39 is 6.04 Å². The predicted molar refractivity (Wildman–Crippen MR) is 107 cm³/mol. The third-order valence-corrected chi connectivity index (χ3v) is 5.78. The van der Waals surface area contributed by atoms with Crippen molar-refractivity contribution in [3.05, 3.63) is 53.1 Å². The standard InChI is InChI=1S/C22H22N2O6/c25-23-21-14(8-13-4-6-17-19(9-13)29-11-27-17)2-1-3-16(21)22(24-26)15-5-7-18-20(10-15)30-12-28-18/h4-10,16,22,24-26H,1-3,11-12H2/b14-8+,23-21?/t16-,22+/m0/s1. The van der Waals surface area contributed by atoms with E-state index in [0.29, 0.717) is 23.0 Å². The molecule has 1 aliphatic carbocycles. The second-order valence-corrected chi connectivity index (χ2v) is 7.49. The minimum absolute atomic E-state index is 0.186. The number of ether oxygens (including phenoxy) is 4. The van der Waals surface area contributed by atoms with E-state index in [1.165, 1.54) is 0 Å². The van der Waals surface area contributed by atoms with Crippen LogP contribution in [0.5, 0.6) is 23.0 Å². The SMILES string of the molecule is ON=C1/C(=C/c2ccc3c(c2)OCO3)CCC[C@@H]1[C@H](NO)c1ccc2c(c1)OCO2. The molecule has 8 nitrogen and oxygen atoms in total. The van der Waals surface area contributed by atoms with E-state index >= 15 is 0 Å². The van der Waals surface area contributed by atoms with Crippen LogP contribution >= 0.6 is 0 Å². The van der Waals surface area contributed by atoms with Crippen molar-refractivity contribution in [3.63, 3.8) is 0 Å². The first-order chi connectivity index (χ1) is 14.8. The van der Waals surface area contributed by atoms with Crippen molar-refractivity contribution in [2.75, 3.05) is 13.6 Å². The lowest BCUT2D eigenvalue weighted by Gasteiger charge is -2.31. The van der Waals surface area contributed by atoms with E-state index in [-0.39, 0.29) is 19.5 Å². The largest absolute Gasteiger partial charge is 0.454 e. The molecule has 30 heavy (non-hydrogen) atoms. The molecule has 0 aromatic heterocycles. The lowest BCUT2D eigenvalue weighted by atomic mass is 9.77. The van der Waals surface area contributed by atoms with Crippen molar-refractivity contribution in [2.24, 2.45) is 11.1 Å². The molecule has 2 heterocycles. The molecule has 2 aromatic carbocycles. The van der Waals surface area contributed by atoms with Gasteiger partial charge in [-0.05, 0) is 66.3 Å². The van der Waals surface area contributed by atoms with E-state index in [2.05, 4.69) is 10.6 Å². The monoisotopic (exact) mass is 410 g/mol. The third kappa shape index (κ3) is 3.34. The van der Waals surface area contributed by atoms with Crippen molar-refractivity contribution in [3.8, 4) is 23.0 Å². The van der Waals surface area contributed by atoms with Crippen molar-refractivity contribution < 1.29 is 29.4 Å². The fraction of sp³-hybridized carbons (Fsp3) is 0.318. The van der Waals surface area contributed by atoms with Gasteiger partial charge in [-0.3, -0.25) is 0 Å². The van der Waals surface area contributed by atoms with Crippen LogP contribution in [0.3, 0.4) is 0 Å². The zero-order valence-corrected chi connectivity index (χ0v) is 16.2. The highest BCUT2D eigenvalue weighted by Gasteiger charge is 2.33. The number of nitrogens with one attached hydrogen (secondary N) is 1. The maximum absolute atomic E-state index is 9.97. The molecular formula is C22H22N2O6. The van der Waals surface area contributed by atoms with Crippen LogP contribution in [-0.4, -0.2) is 29.7 Å². The number of fused-ring (bicyclic) bond motifs is 2. The Balaban J connectivity index is 1.45. The molecule has 2 aromatic rings. The van der Waals surface area contributed by atoms with Crippen molar-refractivity contribution in [1.29, 1.82) is 0 Å². The van der Waals surface area contributed by atoms with Gasteiger partial charge in [0.1, 0.15) is 0 Å². The van der Waals surface area contributed by atoms with Gasteiger partial charge in [0.05, 0.1) is 11.8 Å². The normalized spacial score (nSPS) is 23.2. The quantitative estimate of drug-likeness (QED) is 0.519. The second-order valence-electron chi connectivity index (χ2n) is 7.49. The fourth-order valence-corrected chi connectivity index (χ4v) is 4.33. The molecular weight excluding hydrogens is 388 g/mol. The molecule has 0 radical (unpaired) electrons. The number of allylic oxidation sites excluding steroid dienone is 1. The Hall–Kier alpha value is -3.23. The Bertz CT molecular complexity index is 1020. The lowest BCUT2D eigenvalue weighted by molar-refractivity contribution is 0.106. The summed E-state index contributed by atoms with van der Waals surface area (Å²) in [6, 6.07) is 10.8. The smallest absolute Gasteiger partial charge is 0.231 e. The van der Waals surface area contributed by atoms with Gasteiger partial charge < -0.3 is 29.4 Å². The minimum atomic E-state index is -0.453. The average molecular weight is 410 g/mol. The summed E-state index contributed by atoms with van der Waals surface area (Å²) in [5.74, 6) is 2.53. The van der Waals surface area contributed by atoms with Crippen LogP contribution in [0.1, 0.15) is 36.4 Å². The van der Waals surface area contributed by atoms with E-state index in [9.17, 15) is 10.4 Å². The molecule has 156 valence electrons. The molecule has 0 saturated heterocycles. The summed E-state index contributed by atoms with van der Waals surface area (Å²) in [5, 5.41) is 23.5. The summed E-state index contributed by atoms with van der Waals surface area (Å²) in [6.45, 7) is 0.408. The molecule has 0 spiro atoms. The highest BCUT2D eigenvalue weighted by molar-refractivity contribution is 6.06. The van der Waals surface area contributed by atoms with Gasteiger partial charge in [-0.25, -0.2) is 0 Å². The summed E-state index contributed by atoms with van der Waals surface area (Å²) in [4.78, 5) is 0. The average Bonchev–Trinajstić information content (AvgIpc) is 3.43. The van der Waals surface area contributed by atoms with Crippen LogP contribution in [0.4, 0.5) is 0 Å². The highest BCUT2D eigenvalue weighted by atomic mass is 16.7. The van der Waals surface area contributed by atoms with Crippen LogP contribution < -0.4 is 24.4 Å². The number of hydroxylamine groups is 1. The van der Waals surface area contributed by atoms with Crippen molar-refractivity contribution in [1.82, 2.24) is 5.48 Å². The molecule has 0 amide bonds. The molecule has 8 heteroatoms. The molecule has 3 aliphatic rings. The number of nitrogens with zero attached hydrogens (tertiary/aromatic N) is 1. The first-order valence-corrected chi connectivity index (χ1v) is 9.88. The summed E-state index contributed by atoms with van der Waals surface area (Å²) in [6.07, 6.45) is 4.45. The molecule has 1 fully saturated rings. The van der Waals surface area contributed by atoms with Crippen LogP contribution in [-0.2, 0) is 0 Å². The molecule has 0 bridgehead atoms. The Labute approximate surface area is 173 Å². The first-order valence-electron chi connectivity index (χ1n) is 9.88. The Morgan fingerprint density at radius 1 is 0.967 bits per heavy atom. The molecule has 3 N–H and O–H groups in total. The van der Waals surface area contributed by atoms with Crippen molar-refractivity contribution >= 4 is 11.8 Å². The molecule has 5 rings (SSSR count). The Morgan fingerprint density at radius 3 is 2.40 bits per heavy atom. The summed E-state index contributed by atoms with van der Waals surface area (Å²) >= 11 is 0. The van der Waals surface area contributed by atoms with E-state index in [0.717, 1.165) is 41.7 Å². The number of rotatable bonds is 4. The predicted octanol–water partition coefficient (Wildman–Crippen LogP) is 3.88. The maximum atomic E-state index is 9.97. The number of hydrogen-bond donors (Lipinski definition) is 3. The maximum Gasteiger partial charge on any atom is 0.231 e. The highest BCUT2D eigenvalue weighted by Crippen LogP contribution is 2.40. The second kappa shape index (κ2) is 7.89. The topological polar surface area (TPSA) is 102 Å². The number of hydrogen-bond acceptors (Lipinski definition) is 8. The van der Waals surface area contributed by atoms with Gasteiger partial charge in [-0.15, -0.1) is 0 Å². The van der Waals surface area contributed by atoms with Gasteiger partial charge in [0.15, 0.2) is 23.0 Å². The summed E-state index contributed by atoms with van der Waals surface area (Å²) < 4.78 is 21.7. The van der Waals surface area contributed by atoms with Gasteiger partial charge in [0.2, 0.25) is 13.6 Å². The van der Waals surface area contributed by atoms with Crippen LogP contribution in [0.15, 0.2) is 47.1 Å². The van der Waals surface area contributed by atoms with E-state index in [1.807, 2.05) is 42.5 Å². The fourth-order valence-electron chi connectivity index (χ4n) is 4.33. The lowest BCUT2D eigenvalue weighted by Crippen LogP contribution is -2.34. The zero-order chi connectivity index (χ0) is 20.5.